The molecular formula is C17H18. The maximum atomic E-state index is 4.01. The van der Waals surface area contributed by atoms with Gasteiger partial charge in [-0.1, -0.05) is 60.7 Å². The molecule has 0 fully saturated rings. The van der Waals surface area contributed by atoms with Crippen molar-refractivity contribution in [1.82, 2.24) is 0 Å². The van der Waals surface area contributed by atoms with Gasteiger partial charge in [0.1, 0.15) is 0 Å². The lowest BCUT2D eigenvalue weighted by atomic mass is 9.93. The molecule has 0 radical (unpaired) electrons. The van der Waals surface area contributed by atoms with E-state index in [1.807, 2.05) is 0 Å². The van der Waals surface area contributed by atoms with Gasteiger partial charge in [0.05, 0.1) is 0 Å². The van der Waals surface area contributed by atoms with Crippen LogP contribution < -0.4 is 0 Å². The molecule has 0 aliphatic rings. The van der Waals surface area contributed by atoms with Crippen molar-refractivity contribution in [3.63, 3.8) is 0 Å². The van der Waals surface area contributed by atoms with Crippen molar-refractivity contribution in [1.29, 1.82) is 0 Å². The van der Waals surface area contributed by atoms with Crippen molar-refractivity contribution in [3.05, 3.63) is 71.8 Å². The molecule has 0 spiro atoms. The fourth-order valence-corrected chi connectivity index (χ4v) is 2.14. The number of aryl methyl sites for hydroxylation is 1. The van der Waals surface area contributed by atoms with Crippen LogP contribution in [0.4, 0.5) is 0 Å². The van der Waals surface area contributed by atoms with E-state index in [1.54, 1.807) is 0 Å². The monoisotopic (exact) mass is 222 g/mol. The molecule has 0 heterocycles. The highest BCUT2D eigenvalue weighted by atomic mass is 14.1. The number of allylic oxidation sites excluding steroid dienone is 1. The molecule has 0 saturated heterocycles. The van der Waals surface area contributed by atoms with Crippen LogP contribution in [0.25, 0.3) is 11.1 Å². The summed E-state index contributed by atoms with van der Waals surface area (Å²) < 4.78 is 0. The van der Waals surface area contributed by atoms with Crippen molar-refractivity contribution < 1.29 is 0 Å². The molecule has 0 saturated carbocycles. The zero-order chi connectivity index (χ0) is 12.3. The summed E-state index contributed by atoms with van der Waals surface area (Å²) >= 11 is 0. The van der Waals surface area contributed by atoms with Crippen LogP contribution in [0.2, 0.25) is 0 Å². The van der Waals surface area contributed by atoms with Crippen LogP contribution in [0.3, 0.4) is 0 Å². The van der Waals surface area contributed by atoms with Gasteiger partial charge in [0.25, 0.3) is 0 Å². The van der Waals surface area contributed by atoms with Crippen molar-refractivity contribution in [3.8, 4) is 11.1 Å². The number of hydrogen-bond donors (Lipinski definition) is 0. The van der Waals surface area contributed by atoms with E-state index < -0.39 is 0 Å². The van der Waals surface area contributed by atoms with Gasteiger partial charge in [-0.15, -0.1) is 0 Å². The predicted octanol–water partition coefficient (Wildman–Crippen LogP) is 4.78. The summed E-state index contributed by atoms with van der Waals surface area (Å²) in [5, 5.41) is 0. The third kappa shape index (κ3) is 2.65. The lowest BCUT2D eigenvalue weighted by Gasteiger charge is -2.11. The number of benzene rings is 2. The molecular weight excluding hydrogens is 204 g/mol. The van der Waals surface area contributed by atoms with Gasteiger partial charge in [-0.25, -0.2) is 0 Å². The Balaban J connectivity index is 2.52. The molecule has 0 amide bonds. The summed E-state index contributed by atoms with van der Waals surface area (Å²) in [4.78, 5) is 0. The van der Waals surface area contributed by atoms with E-state index in [0.29, 0.717) is 0 Å². The first-order chi connectivity index (χ1) is 8.18. The second-order valence-electron chi connectivity index (χ2n) is 4.61. The lowest BCUT2D eigenvalue weighted by Crippen LogP contribution is -1.92. The minimum atomic E-state index is 0.949. The summed E-state index contributed by atoms with van der Waals surface area (Å²) in [7, 11) is 0. The molecule has 0 heteroatoms. The van der Waals surface area contributed by atoms with Gasteiger partial charge in [-0.3, -0.25) is 0 Å². The third-order valence-electron chi connectivity index (χ3n) is 2.94. The van der Waals surface area contributed by atoms with Crippen LogP contribution in [0.5, 0.6) is 0 Å². The van der Waals surface area contributed by atoms with Gasteiger partial charge in [-0.2, -0.15) is 0 Å². The third-order valence-corrected chi connectivity index (χ3v) is 2.94. The quantitative estimate of drug-likeness (QED) is 0.655. The minimum absolute atomic E-state index is 0.949. The van der Waals surface area contributed by atoms with Crippen LogP contribution >= 0.6 is 0 Å². The Bertz CT molecular complexity index is 535. The zero-order valence-electron chi connectivity index (χ0n) is 10.5. The van der Waals surface area contributed by atoms with Gasteiger partial charge in [0, 0.05) is 0 Å². The standard InChI is InChI=1S/C17H18/c1-13(2)12-15-9-5-7-11-17(15)16-10-6-4-8-14(16)3/h4-11H,1,12H2,2-3H3. The molecule has 0 unspecified atom stereocenters. The van der Waals surface area contributed by atoms with E-state index in [1.165, 1.54) is 27.8 Å². The molecule has 0 aromatic heterocycles. The highest BCUT2D eigenvalue weighted by Crippen LogP contribution is 2.27. The topological polar surface area (TPSA) is 0 Å². The van der Waals surface area contributed by atoms with E-state index in [-0.39, 0.29) is 0 Å². The Labute approximate surface area is 104 Å². The van der Waals surface area contributed by atoms with E-state index in [9.17, 15) is 0 Å². The minimum Gasteiger partial charge on any atom is -0.0998 e. The van der Waals surface area contributed by atoms with E-state index in [4.69, 9.17) is 0 Å². The fourth-order valence-electron chi connectivity index (χ4n) is 2.14. The molecule has 0 aliphatic carbocycles. The lowest BCUT2D eigenvalue weighted by molar-refractivity contribution is 1.15. The molecule has 2 aromatic rings. The van der Waals surface area contributed by atoms with Crippen molar-refractivity contribution in [2.45, 2.75) is 20.3 Å². The first-order valence-corrected chi connectivity index (χ1v) is 5.97. The summed E-state index contributed by atoms with van der Waals surface area (Å²) in [6.07, 6.45) is 0.949. The largest absolute Gasteiger partial charge is 0.0998 e. The predicted molar refractivity (Wildman–Crippen MR) is 75.1 cm³/mol. The fraction of sp³-hybridized carbons (Fsp3) is 0.176. The van der Waals surface area contributed by atoms with Crippen molar-refractivity contribution in [2.24, 2.45) is 0 Å². The van der Waals surface area contributed by atoms with E-state index in [2.05, 4.69) is 69.0 Å². The van der Waals surface area contributed by atoms with Crippen LogP contribution in [-0.4, -0.2) is 0 Å². The average molecular weight is 222 g/mol. The highest BCUT2D eigenvalue weighted by molar-refractivity contribution is 5.70. The molecule has 0 aliphatic heterocycles. The highest BCUT2D eigenvalue weighted by Gasteiger charge is 2.06. The molecule has 2 rings (SSSR count). The second kappa shape index (κ2) is 5.01. The Morgan fingerprint density at radius 3 is 2.18 bits per heavy atom. The molecule has 86 valence electrons. The van der Waals surface area contributed by atoms with Crippen LogP contribution in [-0.2, 0) is 6.42 Å². The maximum absolute atomic E-state index is 4.01. The Morgan fingerprint density at radius 1 is 0.941 bits per heavy atom. The van der Waals surface area contributed by atoms with E-state index in [0.717, 1.165) is 6.42 Å². The Hall–Kier alpha value is -1.82. The molecule has 2 aromatic carbocycles. The van der Waals surface area contributed by atoms with Crippen LogP contribution in [0.1, 0.15) is 18.1 Å². The molecule has 0 N–H and O–H groups in total. The SMILES string of the molecule is C=C(C)Cc1ccccc1-c1ccccc1C. The summed E-state index contributed by atoms with van der Waals surface area (Å²) in [6, 6.07) is 17.1. The number of hydrogen-bond acceptors (Lipinski definition) is 0. The van der Waals surface area contributed by atoms with Gasteiger partial charge >= 0.3 is 0 Å². The van der Waals surface area contributed by atoms with Gasteiger partial charge in [0.15, 0.2) is 0 Å². The summed E-state index contributed by atoms with van der Waals surface area (Å²) in [5.41, 5.74) is 6.53. The van der Waals surface area contributed by atoms with Crippen LogP contribution in [0.15, 0.2) is 60.7 Å². The van der Waals surface area contributed by atoms with E-state index >= 15 is 0 Å². The second-order valence-corrected chi connectivity index (χ2v) is 4.61. The molecule has 0 atom stereocenters. The number of rotatable bonds is 3. The van der Waals surface area contributed by atoms with Gasteiger partial charge < -0.3 is 0 Å². The van der Waals surface area contributed by atoms with Crippen molar-refractivity contribution in [2.75, 3.05) is 0 Å². The maximum Gasteiger partial charge on any atom is -0.00664 e. The van der Waals surface area contributed by atoms with Gasteiger partial charge in [0.2, 0.25) is 0 Å². The first-order valence-electron chi connectivity index (χ1n) is 5.97. The average Bonchev–Trinajstić information content (AvgIpc) is 2.30. The van der Waals surface area contributed by atoms with Crippen molar-refractivity contribution >= 4 is 0 Å². The summed E-state index contributed by atoms with van der Waals surface area (Å²) in [5.74, 6) is 0. The molecule has 0 nitrogen and oxygen atoms in total. The van der Waals surface area contributed by atoms with Crippen LogP contribution in [0, 0.1) is 6.92 Å². The first kappa shape index (κ1) is 11.7. The Morgan fingerprint density at radius 2 is 1.53 bits per heavy atom. The zero-order valence-corrected chi connectivity index (χ0v) is 10.5. The smallest absolute Gasteiger partial charge is 0.00664 e. The molecule has 17 heavy (non-hydrogen) atoms. The molecule has 0 bridgehead atoms. The normalized spacial score (nSPS) is 10.2. The summed E-state index contributed by atoms with van der Waals surface area (Å²) in [6.45, 7) is 8.25. The Kier molecular flexibility index (Phi) is 3.43. The van der Waals surface area contributed by atoms with Gasteiger partial charge in [-0.05, 0) is 42.5 Å².